The number of hydrogen-bond acceptors (Lipinski definition) is 8. The minimum atomic E-state index is -0.754. The molecule has 2 aromatic rings. The molecule has 1 atom stereocenters. The zero-order chi connectivity index (χ0) is 26.8. The highest BCUT2D eigenvalue weighted by Gasteiger charge is 2.32. The van der Waals surface area contributed by atoms with Crippen molar-refractivity contribution in [3.8, 4) is 17.2 Å². The molecule has 1 heterocycles. The molecule has 0 radical (unpaired) electrons. The first-order chi connectivity index (χ1) is 17.9. The lowest BCUT2D eigenvalue weighted by Gasteiger charge is -2.28. The number of urea groups is 1. The van der Waals surface area contributed by atoms with Gasteiger partial charge in [0.2, 0.25) is 0 Å². The van der Waals surface area contributed by atoms with Crippen molar-refractivity contribution in [2.75, 3.05) is 26.9 Å². The standard InChI is InChI=1S/C26H30N4O7/c1-5-35-19-10-7-17(8-11-19)14-27-30-22(31)15-37-20-12-9-18(13-21(20)34-4)24-23(25(32)36-6-2)16(3)28-26(33)29-24/h7-14,24H,5-6,15H2,1-4H3,(H,30,31)(H2,28,29,33)/b27-14-/t24-/m1/s1. The highest BCUT2D eigenvalue weighted by atomic mass is 16.5. The lowest BCUT2D eigenvalue weighted by molar-refractivity contribution is -0.139. The summed E-state index contributed by atoms with van der Waals surface area (Å²) in [5, 5.41) is 9.24. The van der Waals surface area contributed by atoms with Crippen LogP contribution in [0.4, 0.5) is 4.79 Å². The van der Waals surface area contributed by atoms with Crippen molar-refractivity contribution in [3.63, 3.8) is 0 Å². The van der Waals surface area contributed by atoms with Crippen LogP contribution < -0.4 is 30.3 Å². The largest absolute Gasteiger partial charge is 0.494 e. The molecule has 3 N–H and O–H groups in total. The number of carbonyl (C=O) groups is 3. The normalized spacial score (nSPS) is 15.0. The van der Waals surface area contributed by atoms with Gasteiger partial charge in [0.15, 0.2) is 18.1 Å². The van der Waals surface area contributed by atoms with Crippen LogP contribution in [0.25, 0.3) is 0 Å². The summed E-state index contributed by atoms with van der Waals surface area (Å²) in [6, 6.07) is 11.0. The fraction of sp³-hybridized carbons (Fsp3) is 0.308. The van der Waals surface area contributed by atoms with E-state index < -0.39 is 23.9 Å². The Bertz CT molecular complexity index is 1190. The summed E-state index contributed by atoms with van der Waals surface area (Å²) in [4.78, 5) is 36.8. The van der Waals surface area contributed by atoms with Gasteiger partial charge in [-0.05, 0) is 68.3 Å². The number of ether oxygens (including phenoxy) is 4. The smallest absolute Gasteiger partial charge is 0.338 e. The minimum absolute atomic E-state index is 0.193. The van der Waals surface area contributed by atoms with E-state index in [0.29, 0.717) is 29.4 Å². The molecule has 11 nitrogen and oxygen atoms in total. The van der Waals surface area contributed by atoms with Crippen molar-refractivity contribution < 1.29 is 33.3 Å². The van der Waals surface area contributed by atoms with Gasteiger partial charge in [-0.25, -0.2) is 15.0 Å². The molecule has 0 unspecified atom stereocenters. The summed E-state index contributed by atoms with van der Waals surface area (Å²) in [5.74, 6) is 0.358. The lowest BCUT2D eigenvalue weighted by Crippen LogP contribution is -2.45. The number of nitrogens with zero attached hydrogens (tertiary/aromatic N) is 1. The number of methoxy groups -OCH3 is 1. The van der Waals surface area contributed by atoms with E-state index in [4.69, 9.17) is 18.9 Å². The number of benzene rings is 2. The van der Waals surface area contributed by atoms with Crippen LogP contribution in [0.1, 0.15) is 37.9 Å². The molecule has 0 bridgehead atoms. The van der Waals surface area contributed by atoms with Gasteiger partial charge in [0, 0.05) is 5.70 Å². The summed E-state index contributed by atoms with van der Waals surface area (Å²) in [7, 11) is 1.45. The van der Waals surface area contributed by atoms with Gasteiger partial charge in [0.05, 0.1) is 38.2 Å². The molecule has 3 amide bonds. The van der Waals surface area contributed by atoms with Gasteiger partial charge in [0.1, 0.15) is 5.75 Å². The zero-order valence-corrected chi connectivity index (χ0v) is 21.1. The van der Waals surface area contributed by atoms with Gasteiger partial charge in [-0.2, -0.15) is 5.10 Å². The Morgan fingerprint density at radius 1 is 1.05 bits per heavy atom. The molecule has 0 aromatic heterocycles. The van der Waals surface area contributed by atoms with Crippen molar-refractivity contribution in [2.45, 2.75) is 26.8 Å². The highest BCUT2D eigenvalue weighted by molar-refractivity contribution is 5.95. The van der Waals surface area contributed by atoms with Gasteiger partial charge in [0.25, 0.3) is 5.91 Å². The van der Waals surface area contributed by atoms with Crippen LogP contribution in [0.5, 0.6) is 17.2 Å². The van der Waals surface area contributed by atoms with Crippen LogP contribution in [-0.4, -0.2) is 51.1 Å². The first-order valence-electron chi connectivity index (χ1n) is 11.7. The van der Waals surface area contributed by atoms with E-state index in [1.807, 2.05) is 31.2 Å². The molecular weight excluding hydrogens is 480 g/mol. The third kappa shape index (κ3) is 7.23. The predicted octanol–water partition coefficient (Wildman–Crippen LogP) is 2.81. The van der Waals surface area contributed by atoms with Crippen LogP contribution in [0, 0.1) is 0 Å². The third-order valence-corrected chi connectivity index (χ3v) is 5.24. The number of hydrazone groups is 1. The van der Waals surface area contributed by atoms with E-state index in [0.717, 1.165) is 11.3 Å². The molecule has 196 valence electrons. The Morgan fingerprint density at radius 2 is 1.81 bits per heavy atom. The average molecular weight is 511 g/mol. The SMILES string of the molecule is CCOC(=O)C1=C(C)NC(=O)N[C@@H]1c1ccc(OCC(=O)N/N=C\c2ccc(OCC)cc2)c(OC)c1. The van der Waals surface area contributed by atoms with Crippen LogP contribution in [0.3, 0.4) is 0 Å². The Hall–Kier alpha value is -4.54. The third-order valence-electron chi connectivity index (χ3n) is 5.24. The number of nitrogens with one attached hydrogen (secondary N) is 3. The van der Waals surface area contributed by atoms with Gasteiger partial charge in [-0.3, -0.25) is 4.79 Å². The molecule has 0 spiro atoms. The Morgan fingerprint density at radius 3 is 2.49 bits per heavy atom. The molecule has 2 aromatic carbocycles. The predicted molar refractivity (Wildman–Crippen MR) is 136 cm³/mol. The van der Waals surface area contributed by atoms with E-state index in [2.05, 4.69) is 21.2 Å². The van der Waals surface area contributed by atoms with Gasteiger partial charge < -0.3 is 29.6 Å². The van der Waals surface area contributed by atoms with E-state index in [-0.39, 0.29) is 18.8 Å². The fourth-order valence-electron chi connectivity index (χ4n) is 3.58. The van der Waals surface area contributed by atoms with Crippen LogP contribution in [-0.2, 0) is 14.3 Å². The van der Waals surface area contributed by atoms with Crippen LogP contribution >= 0.6 is 0 Å². The van der Waals surface area contributed by atoms with E-state index in [1.54, 1.807) is 32.0 Å². The average Bonchev–Trinajstić information content (AvgIpc) is 2.88. The molecular formula is C26H30N4O7. The minimum Gasteiger partial charge on any atom is -0.494 e. The Balaban J connectivity index is 1.65. The van der Waals surface area contributed by atoms with Crippen molar-refractivity contribution in [2.24, 2.45) is 5.10 Å². The van der Waals surface area contributed by atoms with Crippen molar-refractivity contribution in [1.29, 1.82) is 0 Å². The van der Waals surface area contributed by atoms with E-state index in [1.165, 1.54) is 13.3 Å². The molecule has 0 aliphatic carbocycles. The first kappa shape index (κ1) is 27.1. The highest BCUT2D eigenvalue weighted by Crippen LogP contribution is 2.34. The molecule has 0 fully saturated rings. The summed E-state index contributed by atoms with van der Waals surface area (Å²) in [6.07, 6.45) is 1.51. The monoisotopic (exact) mass is 510 g/mol. The molecule has 0 saturated heterocycles. The maximum atomic E-state index is 12.5. The molecule has 37 heavy (non-hydrogen) atoms. The number of hydrogen-bond donors (Lipinski definition) is 3. The quantitative estimate of drug-likeness (QED) is 0.240. The number of allylic oxidation sites excluding steroid dienone is 1. The number of esters is 1. The maximum absolute atomic E-state index is 12.5. The summed E-state index contributed by atoms with van der Waals surface area (Å²) < 4.78 is 21.6. The zero-order valence-electron chi connectivity index (χ0n) is 21.1. The lowest BCUT2D eigenvalue weighted by atomic mass is 9.95. The van der Waals surface area contributed by atoms with Gasteiger partial charge in [-0.1, -0.05) is 6.07 Å². The molecule has 1 aliphatic rings. The molecule has 3 rings (SSSR count). The summed E-state index contributed by atoms with van der Waals surface area (Å²) >= 11 is 0. The fourth-order valence-corrected chi connectivity index (χ4v) is 3.58. The number of rotatable bonds is 11. The second-order valence-corrected chi connectivity index (χ2v) is 7.78. The number of amides is 3. The maximum Gasteiger partial charge on any atom is 0.338 e. The first-order valence-corrected chi connectivity index (χ1v) is 11.7. The Labute approximate surface area is 214 Å². The second kappa shape index (κ2) is 13.0. The van der Waals surface area contributed by atoms with Crippen LogP contribution in [0.2, 0.25) is 0 Å². The van der Waals surface area contributed by atoms with E-state index >= 15 is 0 Å². The summed E-state index contributed by atoms with van der Waals surface area (Å²) in [5.41, 5.74) is 4.45. The molecule has 1 aliphatic heterocycles. The number of carbonyl (C=O) groups excluding carboxylic acids is 3. The van der Waals surface area contributed by atoms with Crippen molar-refractivity contribution in [1.82, 2.24) is 16.1 Å². The second-order valence-electron chi connectivity index (χ2n) is 7.78. The van der Waals surface area contributed by atoms with E-state index in [9.17, 15) is 14.4 Å². The van der Waals surface area contributed by atoms with Gasteiger partial charge in [-0.15, -0.1) is 0 Å². The Kier molecular flexibility index (Phi) is 9.48. The van der Waals surface area contributed by atoms with Crippen LogP contribution in [0.15, 0.2) is 58.8 Å². The van der Waals surface area contributed by atoms with Crippen molar-refractivity contribution in [3.05, 3.63) is 64.9 Å². The van der Waals surface area contributed by atoms with Crippen molar-refractivity contribution >= 4 is 24.1 Å². The molecule has 0 saturated carbocycles. The van der Waals surface area contributed by atoms with Gasteiger partial charge >= 0.3 is 12.0 Å². The summed E-state index contributed by atoms with van der Waals surface area (Å²) in [6.45, 7) is 5.70. The molecule has 11 heteroatoms. The topological polar surface area (TPSA) is 137 Å².